The van der Waals surface area contributed by atoms with Crippen LogP contribution in [0.5, 0.6) is 5.75 Å². The Balaban J connectivity index is 2.17. The van der Waals surface area contributed by atoms with E-state index < -0.39 is 0 Å². The fourth-order valence-corrected chi connectivity index (χ4v) is 2.73. The summed E-state index contributed by atoms with van der Waals surface area (Å²) >= 11 is 6.32. The molecule has 1 aromatic heterocycles. The van der Waals surface area contributed by atoms with Gasteiger partial charge in [0.05, 0.1) is 12.8 Å². The van der Waals surface area contributed by atoms with Crippen molar-refractivity contribution in [1.29, 1.82) is 0 Å². The van der Waals surface area contributed by atoms with Gasteiger partial charge in [0.25, 0.3) is 0 Å². The Labute approximate surface area is 130 Å². The monoisotopic (exact) mass is 302 g/mol. The normalized spacial score (nSPS) is 14.3. The zero-order valence-electron chi connectivity index (χ0n) is 12.8. The second-order valence-corrected chi connectivity index (χ2v) is 6.12. The van der Waals surface area contributed by atoms with Crippen LogP contribution in [0.15, 0.2) is 12.1 Å². The van der Waals surface area contributed by atoms with E-state index in [0.29, 0.717) is 11.1 Å². The molecule has 0 N–H and O–H groups in total. The molecule has 4 heteroatoms. The van der Waals surface area contributed by atoms with Crippen molar-refractivity contribution in [3.8, 4) is 17.0 Å². The lowest BCUT2D eigenvalue weighted by Crippen LogP contribution is -2.01. The van der Waals surface area contributed by atoms with E-state index in [9.17, 15) is 0 Å². The van der Waals surface area contributed by atoms with Crippen LogP contribution in [0.4, 0.5) is 0 Å². The first kappa shape index (κ1) is 14.3. The molecule has 1 fully saturated rings. The first-order valence-electron chi connectivity index (χ1n) is 7.21. The number of ether oxygens (including phenoxy) is 1. The van der Waals surface area contributed by atoms with Gasteiger partial charge in [-0.25, -0.2) is 9.97 Å². The summed E-state index contributed by atoms with van der Waals surface area (Å²) in [7, 11) is 1.69. The summed E-state index contributed by atoms with van der Waals surface area (Å²) in [6.45, 7) is 6.10. The van der Waals surface area contributed by atoms with Crippen LogP contribution < -0.4 is 4.74 Å². The summed E-state index contributed by atoms with van der Waals surface area (Å²) in [5.74, 6) is 2.27. The molecule has 1 heterocycles. The van der Waals surface area contributed by atoms with Crippen LogP contribution >= 0.6 is 11.6 Å². The van der Waals surface area contributed by atoms with Gasteiger partial charge in [0.15, 0.2) is 0 Å². The largest absolute Gasteiger partial charge is 0.496 e. The van der Waals surface area contributed by atoms with Crippen molar-refractivity contribution in [2.24, 2.45) is 0 Å². The molecule has 110 valence electrons. The second-order valence-electron chi connectivity index (χ2n) is 5.76. The Morgan fingerprint density at radius 3 is 2.43 bits per heavy atom. The minimum Gasteiger partial charge on any atom is -0.496 e. The topological polar surface area (TPSA) is 35.0 Å². The van der Waals surface area contributed by atoms with Crippen LogP contribution in [0.25, 0.3) is 11.3 Å². The summed E-state index contributed by atoms with van der Waals surface area (Å²) in [5, 5.41) is 0.565. The highest BCUT2D eigenvalue weighted by molar-refractivity contribution is 6.30. The number of nitrogens with zero attached hydrogens (tertiary/aromatic N) is 2. The highest BCUT2D eigenvalue weighted by Crippen LogP contribution is 2.40. The fourth-order valence-electron chi connectivity index (χ4n) is 2.56. The molecule has 0 bridgehead atoms. The number of hydrogen-bond donors (Lipinski definition) is 0. The van der Waals surface area contributed by atoms with Gasteiger partial charge in [-0.2, -0.15) is 0 Å². The minimum atomic E-state index is 0.488. The summed E-state index contributed by atoms with van der Waals surface area (Å²) < 4.78 is 5.38. The van der Waals surface area contributed by atoms with Crippen LogP contribution in [-0.2, 0) is 0 Å². The van der Waals surface area contributed by atoms with E-state index in [2.05, 4.69) is 24.0 Å². The Morgan fingerprint density at radius 1 is 1.10 bits per heavy atom. The number of aromatic nitrogens is 2. The van der Waals surface area contributed by atoms with Gasteiger partial charge in [-0.05, 0) is 56.9 Å². The van der Waals surface area contributed by atoms with Crippen LogP contribution in [0, 0.1) is 20.8 Å². The third-order valence-electron chi connectivity index (χ3n) is 4.04. The molecule has 0 spiro atoms. The lowest BCUT2D eigenvalue weighted by atomic mass is 9.99. The maximum absolute atomic E-state index is 6.32. The van der Waals surface area contributed by atoms with Crippen molar-refractivity contribution in [3.63, 3.8) is 0 Å². The number of hydrogen-bond acceptors (Lipinski definition) is 3. The van der Waals surface area contributed by atoms with E-state index in [1.807, 2.05) is 13.8 Å². The molecule has 0 radical (unpaired) electrons. The first-order chi connectivity index (χ1) is 10.0. The summed E-state index contributed by atoms with van der Waals surface area (Å²) in [6.07, 6.45) is 2.33. The minimum absolute atomic E-state index is 0.488. The number of rotatable bonds is 3. The van der Waals surface area contributed by atoms with Crippen LogP contribution in [0.2, 0.25) is 5.15 Å². The summed E-state index contributed by atoms with van der Waals surface area (Å²) in [5.41, 5.74) is 5.23. The molecule has 0 atom stereocenters. The van der Waals surface area contributed by atoms with Gasteiger partial charge in [0.2, 0.25) is 0 Å². The number of halogens is 1. The molecular weight excluding hydrogens is 284 g/mol. The molecule has 0 amide bonds. The third-order valence-corrected chi connectivity index (χ3v) is 4.41. The molecule has 1 aliphatic rings. The first-order valence-corrected chi connectivity index (χ1v) is 7.58. The molecule has 0 unspecified atom stereocenters. The van der Waals surface area contributed by atoms with Crippen molar-refractivity contribution in [2.45, 2.75) is 39.5 Å². The fraction of sp³-hybridized carbons (Fsp3) is 0.412. The zero-order valence-corrected chi connectivity index (χ0v) is 13.6. The standard InChI is InChI=1S/C17H19ClN2O/c1-9-8-14(21-4)10(2)7-13(9)15-11(3)16(18)20-17(19-15)12-5-6-12/h7-8,12H,5-6H2,1-4H3. The Hall–Kier alpha value is -1.61. The average molecular weight is 303 g/mol. The van der Waals surface area contributed by atoms with E-state index in [0.717, 1.165) is 39.5 Å². The van der Waals surface area contributed by atoms with Crippen molar-refractivity contribution in [2.75, 3.05) is 7.11 Å². The molecule has 3 nitrogen and oxygen atoms in total. The summed E-state index contributed by atoms with van der Waals surface area (Å²) in [4.78, 5) is 9.22. The number of methoxy groups -OCH3 is 1. The molecule has 2 aromatic rings. The van der Waals surface area contributed by atoms with E-state index >= 15 is 0 Å². The Morgan fingerprint density at radius 2 is 1.81 bits per heavy atom. The molecule has 0 aliphatic heterocycles. The van der Waals surface area contributed by atoms with E-state index in [-0.39, 0.29) is 0 Å². The average Bonchev–Trinajstić information content (AvgIpc) is 3.28. The SMILES string of the molecule is COc1cc(C)c(-c2nc(C3CC3)nc(Cl)c2C)cc1C. The third kappa shape index (κ3) is 2.62. The van der Waals surface area contributed by atoms with E-state index in [4.69, 9.17) is 21.3 Å². The van der Waals surface area contributed by atoms with Gasteiger partial charge in [-0.3, -0.25) is 0 Å². The molecular formula is C17H19ClN2O. The van der Waals surface area contributed by atoms with E-state index in [1.54, 1.807) is 7.11 Å². The maximum atomic E-state index is 6.32. The van der Waals surface area contributed by atoms with Crippen molar-refractivity contribution in [3.05, 3.63) is 39.8 Å². The van der Waals surface area contributed by atoms with Gasteiger partial charge in [0, 0.05) is 17.0 Å². The Bertz CT molecular complexity index is 708. The predicted molar refractivity (Wildman–Crippen MR) is 85.2 cm³/mol. The van der Waals surface area contributed by atoms with Gasteiger partial charge in [0.1, 0.15) is 16.7 Å². The van der Waals surface area contributed by atoms with Crippen molar-refractivity contribution < 1.29 is 4.74 Å². The Kier molecular flexibility index (Phi) is 3.62. The molecule has 1 aromatic carbocycles. The molecule has 21 heavy (non-hydrogen) atoms. The maximum Gasteiger partial charge on any atom is 0.136 e. The lowest BCUT2D eigenvalue weighted by molar-refractivity contribution is 0.411. The van der Waals surface area contributed by atoms with E-state index in [1.165, 1.54) is 12.8 Å². The number of aryl methyl sites for hydroxylation is 2. The molecule has 1 saturated carbocycles. The quantitative estimate of drug-likeness (QED) is 0.777. The van der Waals surface area contributed by atoms with Gasteiger partial charge in [-0.1, -0.05) is 11.6 Å². The molecule has 3 rings (SSSR count). The smallest absolute Gasteiger partial charge is 0.136 e. The molecule has 0 saturated heterocycles. The zero-order chi connectivity index (χ0) is 15.1. The highest BCUT2D eigenvalue weighted by atomic mass is 35.5. The van der Waals surface area contributed by atoms with Gasteiger partial charge < -0.3 is 4.74 Å². The molecule has 1 aliphatic carbocycles. The highest BCUT2D eigenvalue weighted by Gasteiger charge is 2.28. The lowest BCUT2D eigenvalue weighted by Gasteiger charge is -2.14. The predicted octanol–water partition coefficient (Wildman–Crippen LogP) is 4.61. The van der Waals surface area contributed by atoms with Crippen LogP contribution in [0.3, 0.4) is 0 Å². The second kappa shape index (κ2) is 5.30. The van der Waals surface area contributed by atoms with Crippen molar-refractivity contribution >= 4 is 11.6 Å². The van der Waals surface area contributed by atoms with Crippen molar-refractivity contribution in [1.82, 2.24) is 9.97 Å². The van der Waals surface area contributed by atoms with Crippen LogP contribution in [-0.4, -0.2) is 17.1 Å². The summed E-state index contributed by atoms with van der Waals surface area (Å²) in [6, 6.07) is 4.17. The van der Waals surface area contributed by atoms with Gasteiger partial charge >= 0.3 is 0 Å². The van der Waals surface area contributed by atoms with Gasteiger partial charge in [-0.15, -0.1) is 0 Å². The van der Waals surface area contributed by atoms with Crippen LogP contribution in [0.1, 0.15) is 41.3 Å². The number of benzene rings is 1.